The fourth-order valence-electron chi connectivity index (χ4n) is 9.35. The summed E-state index contributed by atoms with van der Waals surface area (Å²) >= 11 is 0. The molecule has 1 aromatic rings. The minimum Gasteiger partial charge on any atom is -0.454 e. The zero-order valence-corrected chi connectivity index (χ0v) is 27.8. The lowest BCUT2D eigenvalue weighted by Gasteiger charge is -2.59. The zero-order chi connectivity index (χ0) is 32.6. The van der Waals surface area contributed by atoms with Crippen molar-refractivity contribution in [2.45, 2.75) is 85.0 Å². The van der Waals surface area contributed by atoms with Crippen LogP contribution in [0.3, 0.4) is 0 Å². The summed E-state index contributed by atoms with van der Waals surface area (Å²) in [6, 6.07) is 7.36. The van der Waals surface area contributed by atoms with Crippen molar-refractivity contribution in [3.63, 3.8) is 0 Å². The molecule has 0 unspecified atom stereocenters. The van der Waals surface area contributed by atoms with E-state index in [4.69, 9.17) is 4.74 Å². The topological polar surface area (TPSA) is 107 Å². The van der Waals surface area contributed by atoms with Crippen LogP contribution in [0.15, 0.2) is 48.1 Å². The van der Waals surface area contributed by atoms with Gasteiger partial charge in [-0.05, 0) is 93.4 Å². The maximum atomic E-state index is 13.7. The summed E-state index contributed by atoms with van der Waals surface area (Å²) in [5.74, 6) is -1.01. The summed E-state index contributed by atoms with van der Waals surface area (Å²) < 4.78 is 5.54. The van der Waals surface area contributed by atoms with E-state index in [0.717, 1.165) is 56.7 Å². The van der Waals surface area contributed by atoms with Crippen molar-refractivity contribution in [3.8, 4) is 0 Å². The Morgan fingerprint density at radius 3 is 2.47 bits per heavy atom. The molecule has 7 atom stereocenters. The maximum Gasteiger partial charge on any atom is 0.338 e. The maximum absolute atomic E-state index is 13.7. The van der Waals surface area contributed by atoms with E-state index < -0.39 is 40.9 Å². The molecule has 8 nitrogen and oxygen atoms in total. The fraction of sp³-hybridized carbons (Fsp3) is 0.649. The number of rotatable bonds is 12. The van der Waals surface area contributed by atoms with E-state index >= 15 is 0 Å². The molecule has 0 spiro atoms. The Hall–Kier alpha value is -2.65. The average Bonchev–Trinajstić information content (AvgIpc) is 3.30. The monoisotopic (exact) mass is 620 g/mol. The third-order valence-corrected chi connectivity index (χ3v) is 12.1. The number of ether oxygens (including phenoxy) is 1. The molecule has 4 aliphatic carbocycles. The summed E-state index contributed by atoms with van der Waals surface area (Å²) in [5, 5.41) is 23.6. The number of esters is 1. The first-order chi connectivity index (χ1) is 21.4. The van der Waals surface area contributed by atoms with Gasteiger partial charge in [0.05, 0.1) is 11.7 Å². The second-order valence-electron chi connectivity index (χ2n) is 14.2. The van der Waals surface area contributed by atoms with Crippen LogP contribution in [0.25, 0.3) is 0 Å². The normalized spacial score (nSPS) is 33.9. The number of ketones is 2. The highest BCUT2D eigenvalue weighted by atomic mass is 16.5. The Labute approximate surface area is 268 Å². The number of fused-ring (bicyclic) bond motifs is 5. The summed E-state index contributed by atoms with van der Waals surface area (Å²) in [6.07, 6.45) is 7.37. The van der Waals surface area contributed by atoms with Gasteiger partial charge >= 0.3 is 5.97 Å². The van der Waals surface area contributed by atoms with Gasteiger partial charge in [-0.25, -0.2) is 4.79 Å². The lowest BCUT2D eigenvalue weighted by Crippen LogP contribution is -2.61. The lowest BCUT2D eigenvalue weighted by atomic mass is 9.46. The van der Waals surface area contributed by atoms with Crippen LogP contribution in [-0.2, 0) is 20.9 Å². The third-order valence-electron chi connectivity index (χ3n) is 12.1. The largest absolute Gasteiger partial charge is 0.454 e. The van der Waals surface area contributed by atoms with Gasteiger partial charge < -0.3 is 19.8 Å². The second-order valence-corrected chi connectivity index (χ2v) is 14.2. The summed E-state index contributed by atoms with van der Waals surface area (Å²) in [7, 11) is 0. The molecule has 3 saturated carbocycles. The molecule has 0 amide bonds. The number of benzene rings is 1. The molecule has 246 valence electrons. The molecule has 8 heteroatoms. The molecule has 0 saturated heterocycles. The van der Waals surface area contributed by atoms with Crippen LogP contribution in [0.2, 0.25) is 0 Å². The quantitative estimate of drug-likeness (QED) is 0.327. The van der Waals surface area contributed by atoms with Gasteiger partial charge in [0.15, 0.2) is 12.4 Å². The molecular formula is C37H52N2O6. The minimum absolute atomic E-state index is 0.00742. The van der Waals surface area contributed by atoms with Gasteiger partial charge in [0.1, 0.15) is 5.60 Å². The molecule has 0 heterocycles. The number of nitrogens with zero attached hydrogens (tertiary/aromatic N) is 2. The molecule has 0 bridgehead atoms. The van der Waals surface area contributed by atoms with Crippen molar-refractivity contribution in [1.29, 1.82) is 0 Å². The van der Waals surface area contributed by atoms with E-state index in [1.54, 1.807) is 18.2 Å². The number of Topliss-reactive ketones (excluding diaryl/α,β-unsaturated/α-hetero) is 1. The van der Waals surface area contributed by atoms with Crippen LogP contribution in [0.1, 0.15) is 82.6 Å². The summed E-state index contributed by atoms with van der Waals surface area (Å²) in [6.45, 7) is 15.6. The van der Waals surface area contributed by atoms with E-state index in [-0.39, 0.29) is 36.4 Å². The minimum atomic E-state index is -1.69. The Kier molecular flexibility index (Phi) is 9.91. The van der Waals surface area contributed by atoms with Crippen molar-refractivity contribution in [2.75, 3.05) is 39.3 Å². The number of carbonyl (C=O) groups is 3. The number of likely N-dealkylation sites (N-methyl/N-ethyl adjacent to an activating group) is 2. The Bertz CT molecular complexity index is 1350. The van der Waals surface area contributed by atoms with Gasteiger partial charge in [-0.15, -0.1) is 0 Å². The van der Waals surface area contributed by atoms with Crippen LogP contribution < -0.4 is 0 Å². The van der Waals surface area contributed by atoms with Crippen LogP contribution in [0.5, 0.6) is 0 Å². The Morgan fingerprint density at radius 1 is 1.04 bits per heavy atom. The Balaban J connectivity index is 1.23. The molecule has 2 N–H and O–H groups in total. The average molecular weight is 621 g/mol. The fourth-order valence-corrected chi connectivity index (χ4v) is 9.35. The molecular weight excluding hydrogens is 568 g/mol. The van der Waals surface area contributed by atoms with Gasteiger partial charge in [0.25, 0.3) is 0 Å². The first kappa shape index (κ1) is 33.7. The number of carbonyl (C=O) groups excluding carboxylic acids is 3. The molecule has 1 aromatic carbocycles. The van der Waals surface area contributed by atoms with Crippen molar-refractivity contribution in [2.24, 2.45) is 28.6 Å². The third kappa shape index (κ3) is 6.11. The molecule has 0 aliphatic heterocycles. The molecule has 4 aliphatic rings. The van der Waals surface area contributed by atoms with Crippen LogP contribution in [-0.4, -0.2) is 88.6 Å². The number of allylic oxidation sites excluding steroid dienone is 4. The van der Waals surface area contributed by atoms with Gasteiger partial charge in [-0.1, -0.05) is 58.4 Å². The van der Waals surface area contributed by atoms with Gasteiger partial charge in [0.2, 0.25) is 5.78 Å². The van der Waals surface area contributed by atoms with Crippen LogP contribution in [0.4, 0.5) is 0 Å². The standard InChI is InChI=1S/C37H52N2O6/c1-6-38(7-2)18-19-39(8-3)23-25-10-9-11-26(20-25)34(43)45-24-32(42)37(44)17-15-30-29-13-12-27-21-28(40)14-16-35(27,4)33(29)31(41)22-36(30,37)5/h9-11,14,16,20-21,29-31,33,41,44H,6-8,12-13,15,17-19,22-24H2,1-5H3/t29-,30-,31-,33+,35-,36-,37-/m0/s1. The zero-order valence-electron chi connectivity index (χ0n) is 27.8. The number of aliphatic hydroxyl groups excluding tert-OH is 1. The van der Waals surface area contributed by atoms with Gasteiger partial charge in [0, 0.05) is 36.4 Å². The molecule has 0 radical (unpaired) electrons. The SMILES string of the molecule is CCN(CC)CCN(CC)Cc1cccc(C(=O)OCC(=O)[C@@]2(O)CC[C@H]3[C@@H]4CCC5=CC(=O)C=C[C@]5(C)[C@H]4[C@@H](O)C[C@@]32C)c1. The lowest BCUT2D eigenvalue weighted by molar-refractivity contribution is -0.178. The highest BCUT2D eigenvalue weighted by Crippen LogP contribution is 2.67. The first-order valence-electron chi connectivity index (χ1n) is 17.0. The number of hydrogen-bond donors (Lipinski definition) is 2. The first-order valence-corrected chi connectivity index (χ1v) is 17.0. The predicted molar refractivity (Wildman–Crippen MR) is 173 cm³/mol. The predicted octanol–water partition coefficient (Wildman–Crippen LogP) is 4.59. The number of hydrogen-bond acceptors (Lipinski definition) is 8. The molecule has 5 rings (SSSR count). The van der Waals surface area contributed by atoms with Gasteiger partial charge in [-0.2, -0.15) is 0 Å². The van der Waals surface area contributed by atoms with E-state index in [0.29, 0.717) is 18.5 Å². The molecule has 3 fully saturated rings. The van der Waals surface area contributed by atoms with Gasteiger partial charge in [-0.3, -0.25) is 14.5 Å². The highest BCUT2D eigenvalue weighted by Gasteiger charge is 2.68. The summed E-state index contributed by atoms with van der Waals surface area (Å²) in [4.78, 5) is 43.6. The highest BCUT2D eigenvalue weighted by molar-refractivity contribution is 6.01. The van der Waals surface area contributed by atoms with E-state index in [1.807, 2.05) is 31.2 Å². The van der Waals surface area contributed by atoms with Crippen LogP contribution >= 0.6 is 0 Å². The Morgan fingerprint density at radius 2 is 1.76 bits per heavy atom. The molecule has 0 aromatic heterocycles. The summed E-state index contributed by atoms with van der Waals surface area (Å²) in [5.41, 5.74) is -0.473. The van der Waals surface area contributed by atoms with E-state index in [9.17, 15) is 24.6 Å². The number of aliphatic hydroxyl groups is 2. The van der Waals surface area contributed by atoms with Crippen molar-refractivity contribution in [3.05, 3.63) is 59.2 Å². The molecule has 45 heavy (non-hydrogen) atoms. The van der Waals surface area contributed by atoms with Crippen LogP contribution in [0, 0.1) is 28.6 Å². The van der Waals surface area contributed by atoms with Crippen molar-refractivity contribution >= 4 is 17.5 Å². The smallest absolute Gasteiger partial charge is 0.338 e. The second kappa shape index (κ2) is 13.2. The van der Waals surface area contributed by atoms with E-state index in [2.05, 4.69) is 37.5 Å². The van der Waals surface area contributed by atoms with E-state index in [1.165, 1.54) is 0 Å². The van der Waals surface area contributed by atoms with Crippen molar-refractivity contribution in [1.82, 2.24) is 9.80 Å². The van der Waals surface area contributed by atoms with Crippen molar-refractivity contribution < 1.29 is 29.3 Å².